The number of ether oxygens (including phenoxy) is 1. The molecule has 0 bridgehead atoms. The molecule has 0 unspecified atom stereocenters. The van der Waals surface area contributed by atoms with Gasteiger partial charge in [-0.25, -0.2) is 0 Å². The topological polar surface area (TPSA) is 45.7 Å². The Morgan fingerprint density at radius 1 is 1.20 bits per heavy atom. The fourth-order valence-electron chi connectivity index (χ4n) is 2.08. The average molecular weight is 473 g/mol. The Morgan fingerprint density at radius 2 is 1.88 bits per heavy atom. The summed E-state index contributed by atoms with van der Waals surface area (Å²) in [6.07, 6.45) is -5.07. The third kappa shape index (κ3) is 9.18. The van der Waals surface area contributed by atoms with Gasteiger partial charge in [0, 0.05) is 18.5 Å². The van der Waals surface area contributed by atoms with Crippen molar-refractivity contribution in [1.29, 1.82) is 0 Å². The van der Waals surface area contributed by atoms with Gasteiger partial charge in [0.2, 0.25) is 0 Å². The Kier molecular flexibility index (Phi) is 10.2. The van der Waals surface area contributed by atoms with E-state index in [0.717, 1.165) is 11.3 Å². The zero-order chi connectivity index (χ0) is 18.2. The lowest BCUT2D eigenvalue weighted by molar-refractivity contribution is -0.132. The van der Waals surface area contributed by atoms with Crippen molar-refractivity contribution in [2.45, 2.75) is 38.8 Å². The molecule has 0 saturated carbocycles. The van der Waals surface area contributed by atoms with Crippen molar-refractivity contribution in [2.24, 2.45) is 4.99 Å². The van der Waals surface area contributed by atoms with Crippen LogP contribution >= 0.6 is 24.0 Å². The van der Waals surface area contributed by atoms with E-state index in [1.165, 1.54) is 0 Å². The lowest BCUT2D eigenvalue weighted by atomic mass is 9.85. The summed E-state index contributed by atoms with van der Waals surface area (Å²) in [7, 11) is 1.61. The molecule has 0 amide bonds. The monoisotopic (exact) mass is 473 g/mol. The minimum Gasteiger partial charge on any atom is -0.497 e. The number of rotatable bonds is 7. The van der Waals surface area contributed by atoms with E-state index < -0.39 is 12.6 Å². The first-order valence-electron chi connectivity index (χ1n) is 7.91. The zero-order valence-corrected chi connectivity index (χ0v) is 17.4. The maximum atomic E-state index is 12.2. The number of hydrogen-bond acceptors (Lipinski definition) is 2. The maximum absolute atomic E-state index is 12.2. The van der Waals surface area contributed by atoms with Gasteiger partial charge >= 0.3 is 6.18 Å². The number of hydrogen-bond donors (Lipinski definition) is 2. The summed E-state index contributed by atoms with van der Waals surface area (Å²) in [5, 5.41) is 5.68. The fourth-order valence-corrected chi connectivity index (χ4v) is 2.08. The Hall–Kier alpha value is -1.19. The van der Waals surface area contributed by atoms with Crippen molar-refractivity contribution < 1.29 is 17.9 Å². The number of benzene rings is 1. The molecule has 0 fully saturated rings. The van der Waals surface area contributed by atoms with Gasteiger partial charge in [-0.15, -0.1) is 24.0 Å². The maximum Gasteiger partial charge on any atom is 0.390 e. The third-order valence-corrected chi connectivity index (χ3v) is 3.53. The lowest BCUT2D eigenvalue weighted by Gasteiger charge is -2.24. The van der Waals surface area contributed by atoms with Gasteiger partial charge in [-0.1, -0.05) is 26.0 Å². The van der Waals surface area contributed by atoms with Crippen molar-refractivity contribution in [3.8, 4) is 5.75 Å². The molecule has 4 nitrogen and oxygen atoms in total. The largest absolute Gasteiger partial charge is 0.497 e. The fraction of sp³-hybridized carbons (Fsp3) is 0.588. The predicted molar refractivity (Wildman–Crippen MR) is 106 cm³/mol. The van der Waals surface area contributed by atoms with Crippen LogP contribution < -0.4 is 15.4 Å². The first-order valence-corrected chi connectivity index (χ1v) is 7.91. The van der Waals surface area contributed by atoms with Crippen LogP contribution in [0, 0.1) is 0 Å². The summed E-state index contributed by atoms with van der Waals surface area (Å²) >= 11 is 0. The molecular formula is C17H27F3IN3O. The quantitative estimate of drug-likeness (QED) is 0.356. The number of aliphatic imine (C=N–C) groups is 1. The molecule has 0 spiro atoms. The molecule has 0 atom stereocenters. The number of nitrogens with one attached hydrogen (secondary N) is 2. The Bertz CT molecular complexity index is 548. The molecule has 0 aliphatic heterocycles. The molecule has 8 heteroatoms. The van der Waals surface area contributed by atoms with E-state index in [2.05, 4.69) is 15.6 Å². The molecule has 1 rings (SSSR count). The first-order chi connectivity index (χ1) is 11.2. The summed E-state index contributed by atoms with van der Waals surface area (Å²) < 4.78 is 42.0. The van der Waals surface area contributed by atoms with Crippen LogP contribution in [0.1, 0.15) is 32.8 Å². The molecule has 0 aliphatic carbocycles. The predicted octanol–water partition coefficient (Wildman–Crippen LogP) is 4.10. The second-order valence-electron chi connectivity index (χ2n) is 6.10. The second kappa shape index (κ2) is 10.7. The van der Waals surface area contributed by atoms with E-state index in [1.54, 1.807) is 7.11 Å². The van der Waals surface area contributed by atoms with Crippen LogP contribution in [-0.4, -0.2) is 38.9 Å². The van der Waals surface area contributed by atoms with Crippen molar-refractivity contribution in [2.75, 3.05) is 26.7 Å². The van der Waals surface area contributed by atoms with Crippen LogP contribution in [0.15, 0.2) is 29.3 Å². The molecule has 0 saturated heterocycles. The SMILES string of the molecule is CCNC(=NCC(C)(C)c1cccc(OC)c1)NCCC(F)(F)F.I. The minimum atomic E-state index is -4.18. The summed E-state index contributed by atoms with van der Waals surface area (Å²) in [5.41, 5.74) is 0.776. The van der Waals surface area contributed by atoms with Crippen molar-refractivity contribution in [3.63, 3.8) is 0 Å². The van der Waals surface area contributed by atoms with Crippen LogP contribution in [0.25, 0.3) is 0 Å². The van der Waals surface area contributed by atoms with E-state index >= 15 is 0 Å². The molecule has 144 valence electrons. The number of methoxy groups -OCH3 is 1. The molecule has 0 heterocycles. The molecule has 1 aromatic carbocycles. The van der Waals surface area contributed by atoms with Gasteiger partial charge in [0.05, 0.1) is 20.1 Å². The summed E-state index contributed by atoms with van der Waals surface area (Å²) in [4.78, 5) is 4.42. The standard InChI is InChI=1S/C17H26F3N3O.HI/c1-5-21-15(22-10-9-17(18,19)20)23-12-16(2,3)13-7-6-8-14(11-13)24-4;/h6-8,11H,5,9-10,12H2,1-4H3,(H2,21,22,23);1H. The smallest absolute Gasteiger partial charge is 0.390 e. The summed E-state index contributed by atoms with van der Waals surface area (Å²) in [6, 6.07) is 7.71. The normalized spacial score (nSPS) is 12.4. The van der Waals surface area contributed by atoms with E-state index in [0.29, 0.717) is 19.0 Å². The third-order valence-electron chi connectivity index (χ3n) is 3.53. The van der Waals surface area contributed by atoms with Crippen LogP contribution in [0.4, 0.5) is 13.2 Å². The van der Waals surface area contributed by atoms with Crippen LogP contribution in [0.3, 0.4) is 0 Å². The van der Waals surface area contributed by atoms with Gasteiger partial charge in [-0.3, -0.25) is 4.99 Å². The molecule has 0 aliphatic rings. The van der Waals surface area contributed by atoms with Crippen LogP contribution in [-0.2, 0) is 5.41 Å². The summed E-state index contributed by atoms with van der Waals surface area (Å²) in [6.45, 7) is 6.75. The van der Waals surface area contributed by atoms with Gasteiger partial charge in [-0.05, 0) is 24.6 Å². The Balaban J connectivity index is 0.00000576. The van der Waals surface area contributed by atoms with E-state index in [4.69, 9.17) is 4.74 Å². The Morgan fingerprint density at radius 3 is 2.44 bits per heavy atom. The number of guanidine groups is 1. The Labute approximate surface area is 164 Å². The molecule has 0 radical (unpaired) electrons. The number of nitrogens with zero attached hydrogens (tertiary/aromatic N) is 1. The molecule has 25 heavy (non-hydrogen) atoms. The molecule has 1 aromatic rings. The van der Waals surface area contributed by atoms with Crippen LogP contribution in [0.5, 0.6) is 5.75 Å². The number of halogens is 4. The van der Waals surface area contributed by atoms with Gasteiger partial charge in [0.25, 0.3) is 0 Å². The van der Waals surface area contributed by atoms with Crippen molar-refractivity contribution in [3.05, 3.63) is 29.8 Å². The van der Waals surface area contributed by atoms with Gasteiger partial charge in [0.15, 0.2) is 5.96 Å². The number of alkyl halides is 3. The highest BCUT2D eigenvalue weighted by atomic mass is 127. The average Bonchev–Trinajstić information content (AvgIpc) is 2.51. The first kappa shape index (κ1) is 23.8. The van der Waals surface area contributed by atoms with Crippen molar-refractivity contribution >= 4 is 29.9 Å². The van der Waals surface area contributed by atoms with Gasteiger partial charge in [-0.2, -0.15) is 13.2 Å². The molecule has 2 N–H and O–H groups in total. The highest BCUT2D eigenvalue weighted by molar-refractivity contribution is 14.0. The van der Waals surface area contributed by atoms with Crippen LogP contribution in [0.2, 0.25) is 0 Å². The second-order valence-corrected chi connectivity index (χ2v) is 6.10. The zero-order valence-electron chi connectivity index (χ0n) is 15.0. The van der Waals surface area contributed by atoms with Crippen molar-refractivity contribution in [1.82, 2.24) is 10.6 Å². The van der Waals surface area contributed by atoms with Gasteiger partial charge < -0.3 is 15.4 Å². The molecule has 0 aromatic heterocycles. The minimum absolute atomic E-state index is 0. The van der Waals surface area contributed by atoms with E-state index in [-0.39, 0.29) is 35.9 Å². The lowest BCUT2D eigenvalue weighted by Crippen LogP contribution is -2.40. The van der Waals surface area contributed by atoms with E-state index in [1.807, 2.05) is 45.0 Å². The van der Waals surface area contributed by atoms with E-state index in [9.17, 15) is 13.2 Å². The summed E-state index contributed by atoms with van der Waals surface area (Å²) in [5.74, 6) is 1.15. The highest BCUT2D eigenvalue weighted by Crippen LogP contribution is 2.26. The molecular weight excluding hydrogens is 446 g/mol. The van der Waals surface area contributed by atoms with Gasteiger partial charge in [0.1, 0.15) is 5.75 Å². The highest BCUT2D eigenvalue weighted by Gasteiger charge is 2.26.